The maximum absolute atomic E-state index is 4.68. The Morgan fingerprint density at radius 1 is 0.682 bits per heavy atom. The molecule has 0 aliphatic carbocycles. The van der Waals surface area contributed by atoms with Crippen LogP contribution in [0.5, 0.6) is 0 Å². The molecule has 0 N–H and O–H groups in total. The van der Waals surface area contributed by atoms with Crippen molar-refractivity contribution in [3.8, 4) is 0 Å². The van der Waals surface area contributed by atoms with Crippen LogP contribution in [0.3, 0.4) is 0 Å². The highest BCUT2D eigenvalue weighted by Gasteiger charge is 2.05. The van der Waals surface area contributed by atoms with Crippen LogP contribution in [0.4, 0.5) is 11.5 Å². The highest BCUT2D eigenvalue weighted by Crippen LogP contribution is 2.23. The maximum atomic E-state index is 4.68. The average Bonchev–Trinajstić information content (AvgIpc) is 2.65. The SMILES string of the molecule is CC.CC.CN(c1ccccc1)c1ccc2ccccc2n1. The molecule has 0 saturated heterocycles. The largest absolute Gasteiger partial charge is 0.329 e. The van der Waals surface area contributed by atoms with Gasteiger partial charge in [0.25, 0.3) is 0 Å². The standard InChI is InChI=1S/C16H14N2.2C2H6/c1-18(14-8-3-2-4-9-14)16-12-11-13-7-5-6-10-15(13)17-16;2*1-2/h2-12H,1H3;2*1-2H3. The second kappa shape index (κ2) is 9.56. The van der Waals surface area contributed by atoms with E-state index in [1.54, 1.807) is 0 Å². The third kappa shape index (κ3) is 4.32. The minimum atomic E-state index is 0.958. The topological polar surface area (TPSA) is 16.1 Å². The van der Waals surface area contributed by atoms with Crippen molar-refractivity contribution in [1.29, 1.82) is 0 Å². The fraction of sp³-hybridized carbons (Fsp3) is 0.250. The molecule has 22 heavy (non-hydrogen) atoms. The Balaban J connectivity index is 0.000000561. The predicted octanol–water partition coefficient (Wildman–Crippen LogP) is 6.06. The first-order valence-corrected chi connectivity index (χ1v) is 7.99. The number of rotatable bonds is 2. The second-order valence-electron chi connectivity index (χ2n) is 4.26. The van der Waals surface area contributed by atoms with Crippen LogP contribution in [-0.4, -0.2) is 12.0 Å². The van der Waals surface area contributed by atoms with Gasteiger partial charge in [0.2, 0.25) is 0 Å². The van der Waals surface area contributed by atoms with Gasteiger partial charge in [0.15, 0.2) is 0 Å². The summed E-state index contributed by atoms with van der Waals surface area (Å²) >= 11 is 0. The molecule has 2 aromatic carbocycles. The van der Waals surface area contributed by atoms with E-state index in [2.05, 4.69) is 40.2 Å². The number of fused-ring (bicyclic) bond motifs is 1. The highest BCUT2D eigenvalue weighted by atomic mass is 15.2. The summed E-state index contributed by atoms with van der Waals surface area (Å²) in [6, 6.07) is 22.6. The van der Waals surface area contributed by atoms with Gasteiger partial charge >= 0.3 is 0 Å². The molecular weight excluding hydrogens is 268 g/mol. The van der Waals surface area contributed by atoms with Gasteiger partial charge in [-0.1, -0.05) is 64.1 Å². The molecule has 0 spiro atoms. The lowest BCUT2D eigenvalue weighted by Crippen LogP contribution is -2.10. The lowest BCUT2D eigenvalue weighted by Gasteiger charge is -2.18. The molecule has 0 radical (unpaired) electrons. The van der Waals surface area contributed by atoms with Crippen LogP contribution >= 0.6 is 0 Å². The number of pyridine rings is 1. The van der Waals surface area contributed by atoms with Gasteiger partial charge in [0, 0.05) is 18.1 Å². The predicted molar refractivity (Wildman–Crippen MR) is 98.9 cm³/mol. The number of benzene rings is 2. The van der Waals surface area contributed by atoms with E-state index in [0.717, 1.165) is 17.0 Å². The van der Waals surface area contributed by atoms with Crippen LogP contribution in [0.2, 0.25) is 0 Å². The van der Waals surface area contributed by atoms with Gasteiger partial charge < -0.3 is 4.90 Å². The van der Waals surface area contributed by atoms with Crippen molar-refractivity contribution in [2.24, 2.45) is 0 Å². The van der Waals surface area contributed by atoms with Crippen LogP contribution in [0.25, 0.3) is 10.9 Å². The van der Waals surface area contributed by atoms with Crippen LogP contribution in [0, 0.1) is 0 Å². The molecule has 3 rings (SSSR count). The van der Waals surface area contributed by atoms with Crippen molar-refractivity contribution in [2.75, 3.05) is 11.9 Å². The third-order valence-electron chi connectivity index (χ3n) is 3.07. The summed E-state index contributed by atoms with van der Waals surface area (Å²) in [6.45, 7) is 8.00. The monoisotopic (exact) mass is 294 g/mol. The van der Waals surface area contributed by atoms with Crippen LogP contribution < -0.4 is 4.90 Å². The van der Waals surface area contributed by atoms with Crippen molar-refractivity contribution in [3.63, 3.8) is 0 Å². The van der Waals surface area contributed by atoms with E-state index in [1.807, 2.05) is 71.1 Å². The zero-order chi connectivity index (χ0) is 16.4. The minimum Gasteiger partial charge on any atom is -0.329 e. The van der Waals surface area contributed by atoms with Crippen LogP contribution in [0.15, 0.2) is 66.7 Å². The zero-order valence-electron chi connectivity index (χ0n) is 14.2. The van der Waals surface area contributed by atoms with Crippen molar-refractivity contribution in [1.82, 2.24) is 4.98 Å². The Kier molecular flexibility index (Phi) is 7.69. The Labute approximate surface area is 134 Å². The van der Waals surface area contributed by atoms with Gasteiger partial charge in [-0.3, -0.25) is 0 Å². The van der Waals surface area contributed by atoms with Crippen LogP contribution in [-0.2, 0) is 0 Å². The summed E-state index contributed by atoms with van der Waals surface area (Å²) in [5.74, 6) is 0.958. The quantitative estimate of drug-likeness (QED) is 0.571. The van der Waals surface area contributed by atoms with Crippen LogP contribution in [0.1, 0.15) is 27.7 Å². The van der Waals surface area contributed by atoms with E-state index >= 15 is 0 Å². The molecule has 0 amide bonds. The van der Waals surface area contributed by atoms with Gasteiger partial charge in [-0.2, -0.15) is 0 Å². The van der Waals surface area contributed by atoms with Gasteiger partial charge in [-0.25, -0.2) is 4.98 Å². The number of nitrogens with zero attached hydrogens (tertiary/aromatic N) is 2. The van der Waals surface area contributed by atoms with E-state index in [-0.39, 0.29) is 0 Å². The van der Waals surface area contributed by atoms with Gasteiger partial charge in [-0.05, 0) is 30.3 Å². The molecule has 1 heterocycles. The first kappa shape index (κ1) is 17.7. The zero-order valence-corrected chi connectivity index (χ0v) is 14.2. The summed E-state index contributed by atoms with van der Waals surface area (Å²) in [4.78, 5) is 6.77. The van der Waals surface area contributed by atoms with Crippen molar-refractivity contribution in [2.45, 2.75) is 27.7 Å². The lowest BCUT2D eigenvalue weighted by molar-refractivity contribution is 1.15. The fourth-order valence-corrected chi connectivity index (χ4v) is 2.03. The molecule has 2 nitrogen and oxygen atoms in total. The number of anilines is 2. The molecule has 0 bridgehead atoms. The third-order valence-corrected chi connectivity index (χ3v) is 3.07. The van der Waals surface area contributed by atoms with E-state index in [9.17, 15) is 0 Å². The first-order chi connectivity index (χ1) is 10.8. The molecule has 0 fully saturated rings. The number of para-hydroxylation sites is 2. The van der Waals surface area contributed by atoms with E-state index < -0.39 is 0 Å². The summed E-state index contributed by atoms with van der Waals surface area (Å²) < 4.78 is 0. The van der Waals surface area contributed by atoms with Gasteiger partial charge in [-0.15, -0.1) is 0 Å². The molecule has 2 heteroatoms. The van der Waals surface area contributed by atoms with Crippen molar-refractivity contribution in [3.05, 3.63) is 66.7 Å². The first-order valence-electron chi connectivity index (χ1n) is 7.99. The Morgan fingerprint density at radius 3 is 1.95 bits per heavy atom. The summed E-state index contributed by atoms with van der Waals surface area (Å²) in [6.07, 6.45) is 0. The lowest BCUT2D eigenvalue weighted by atomic mass is 10.2. The molecule has 0 aliphatic rings. The average molecular weight is 294 g/mol. The Hall–Kier alpha value is -2.35. The number of hydrogen-bond acceptors (Lipinski definition) is 2. The molecular formula is C20H26N2. The fourth-order valence-electron chi connectivity index (χ4n) is 2.03. The molecule has 0 atom stereocenters. The highest BCUT2D eigenvalue weighted by molar-refractivity contribution is 5.81. The molecule has 116 valence electrons. The maximum Gasteiger partial charge on any atom is 0.133 e. The summed E-state index contributed by atoms with van der Waals surface area (Å²) in [5, 5.41) is 1.17. The molecule has 1 aromatic heterocycles. The molecule has 0 saturated carbocycles. The summed E-state index contributed by atoms with van der Waals surface area (Å²) in [5.41, 5.74) is 2.16. The van der Waals surface area contributed by atoms with E-state index in [0.29, 0.717) is 0 Å². The van der Waals surface area contributed by atoms with E-state index in [1.165, 1.54) is 5.39 Å². The number of hydrogen-bond donors (Lipinski definition) is 0. The van der Waals surface area contributed by atoms with Crippen molar-refractivity contribution < 1.29 is 0 Å². The summed E-state index contributed by atoms with van der Waals surface area (Å²) in [7, 11) is 2.03. The molecule has 0 unspecified atom stereocenters. The normalized spacial score (nSPS) is 9.14. The Bertz CT molecular complexity index is 663. The number of aromatic nitrogens is 1. The van der Waals surface area contributed by atoms with Gasteiger partial charge in [0.05, 0.1) is 5.52 Å². The van der Waals surface area contributed by atoms with Crippen molar-refractivity contribution >= 4 is 22.4 Å². The minimum absolute atomic E-state index is 0.958. The van der Waals surface area contributed by atoms with E-state index in [4.69, 9.17) is 0 Å². The van der Waals surface area contributed by atoms with Gasteiger partial charge in [0.1, 0.15) is 5.82 Å². The molecule has 3 aromatic rings. The smallest absolute Gasteiger partial charge is 0.133 e. The molecule has 0 aliphatic heterocycles. The second-order valence-corrected chi connectivity index (χ2v) is 4.26. The Morgan fingerprint density at radius 2 is 1.27 bits per heavy atom.